The second-order valence-electron chi connectivity index (χ2n) is 10.3. The molecular weight excluding hydrogens is 598 g/mol. The summed E-state index contributed by atoms with van der Waals surface area (Å²) in [5.74, 6) is -0.285. The van der Waals surface area contributed by atoms with Gasteiger partial charge in [0.25, 0.3) is 10.0 Å². The van der Waals surface area contributed by atoms with Crippen LogP contribution in [0, 0.1) is 6.92 Å². The number of benzene rings is 4. The Balaban J connectivity index is 1.80. The fourth-order valence-electron chi connectivity index (χ4n) is 4.79. The van der Waals surface area contributed by atoms with Gasteiger partial charge in [0.1, 0.15) is 18.3 Å². The number of methoxy groups -OCH3 is 1. The molecule has 2 amide bonds. The first-order valence-corrected chi connectivity index (χ1v) is 16.0. The number of anilines is 1. The van der Waals surface area contributed by atoms with Gasteiger partial charge in [-0.2, -0.15) is 0 Å². The first kappa shape index (κ1) is 32.6. The quantitative estimate of drug-likeness (QED) is 0.206. The highest BCUT2D eigenvalue weighted by Crippen LogP contribution is 2.26. The van der Waals surface area contributed by atoms with Crippen molar-refractivity contribution in [2.24, 2.45) is 0 Å². The highest BCUT2D eigenvalue weighted by molar-refractivity contribution is 7.92. The molecule has 230 valence electrons. The van der Waals surface area contributed by atoms with Crippen LogP contribution >= 0.6 is 11.6 Å². The fraction of sp³-hybridized carbons (Fsp3) is 0.235. The normalized spacial score (nSPS) is 11.8. The van der Waals surface area contributed by atoms with Crippen molar-refractivity contribution >= 4 is 39.1 Å². The summed E-state index contributed by atoms with van der Waals surface area (Å²) in [5, 5.41) is 3.25. The van der Waals surface area contributed by atoms with Crippen molar-refractivity contribution in [2.75, 3.05) is 24.5 Å². The second kappa shape index (κ2) is 14.9. The van der Waals surface area contributed by atoms with E-state index in [1.807, 2.05) is 50.2 Å². The summed E-state index contributed by atoms with van der Waals surface area (Å²) < 4.78 is 34.6. The number of carbonyl (C=O) groups is 2. The maximum absolute atomic E-state index is 14.4. The van der Waals surface area contributed by atoms with E-state index in [2.05, 4.69) is 5.32 Å². The molecule has 10 heteroatoms. The van der Waals surface area contributed by atoms with Gasteiger partial charge in [0, 0.05) is 24.5 Å². The lowest BCUT2D eigenvalue weighted by Gasteiger charge is -2.34. The summed E-state index contributed by atoms with van der Waals surface area (Å²) in [4.78, 5) is 29.4. The van der Waals surface area contributed by atoms with Crippen molar-refractivity contribution in [1.82, 2.24) is 10.2 Å². The zero-order chi connectivity index (χ0) is 31.7. The van der Waals surface area contributed by atoms with Gasteiger partial charge in [-0.15, -0.1) is 0 Å². The number of likely N-dealkylation sites (N-methyl/N-ethyl adjacent to an activating group) is 1. The number of rotatable bonds is 13. The van der Waals surface area contributed by atoms with Crippen molar-refractivity contribution in [3.63, 3.8) is 0 Å². The van der Waals surface area contributed by atoms with Gasteiger partial charge in [-0.25, -0.2) is 8.42 Å². The Morgan fingerprint density at radius 1 is 0.886 bits per heavy atom. The van der Waals surface area contributed by atoms with E-state index in [9.17, 15) is 18.0 Å². The number of amides is 2. The largest absolute Gasteiger partial charge is 0.497 e. The highest BCUT2D eigenvalue weighted by atomic mass is 35.5. The van der Waals surface area contributed by atoms with Crippen molar-refractivity contribution in [3.8, 4) is 5.75 Å². The van der Waals surface area contributed by atoms with Gasteiger partial charge in [0.05, 0.1) is 17.7 Å². The Morgan fingerprint density at radius 2 is 1.55 bits per heavy atom. The molecule has 0 fully saturated rings. The lowest BCUT2D eigenvalue weighted by atomic mass is 10.0. The van der Waals surface area contributed by atoms with E-state index in [4.69, 9.17) is 16.3 Å². The second-order valence-corrected chi connectivity index (χ2v) is 12.6. The zero-order valence-electron chi connectivity index (χ0n) is 24.9. The number of nitrogens with one attached hydrogen (secondary N) is 1. The van der Waals surface area contributed by atoms with Gasteiger partial charge in [-0.3, -0.25) is 13.9 Å². The summed E-state index contributed by atoms with van der Waals surface area (Å²) in [6, 6.07) is 28.4. The van der Waals surface area contributed by atoms with Gasteiger partial charge >= 0.3 is 0 Å². The molecule has 0 saturated carbocycles. The van der Waals surface area contributed by atoms with Crippen LogP contribution in [-0.2, 0) is 32.6 Å². The van der Waals surface area contributed by atoms with Crippen LogP contribution in [0.2, 0.25) is 5.02 Å². The average molecular weight is 634 g/mol. The number of aryl methyl sites for hydroxylation is 1. The average Bonchev–Trinajstić information content (AvgIpc) is 3.02. The van der Waals surface area contributed by atoms with E-state index < -0.39 is 28.5 Å². The van der Waals surface area contributed by atoms with Crippen molar-refractivity contribution < 1.29 is 22.7 Å². The zero-order valence-corrected chi connectivity index (χ0v) is 26.5. The molecule has 8 nitrogen and oxygen atoms in total. The van der Waals surface area contributed by atoms with Crippen LogP contribution in [0.15, 0.2) is 108 Å². The maximum Gasteiger partial charge on any atom is 0.264 e. The first-order chi connectivity index (χ1) is 21.1. The molecule has 1 unspecified atom stereocenters. The van der Waals surface area contributed by atoms with E-state index in [0.717, 1.165) is 21.0 Å². The van der Waals surface area contributed by atoms with Crippen LogP contribution in [-0.4, -0.2) is 51.4 Å². The van der Waals surface area contributed by atoms with Crippen molar-refractivity contribution in [1.29, 1.82) is 0 Å². The summed E-state index contributed by atoms with van der Waals surface area (Å²) in [7, 11) is -2.65. The molecule has 0 aliphatic rings. The third kappa shape index (κ3) is 8.18. The number of hydrogen-bond acceptors (Lipinski definition) is 5. The SMILES string of the molecule is CCNC(=O)C(Cc1ccccc1)N(Cc1cccc(OC)c1)C(=O)CN(c1ccc(C)cc1)S(=O)(=O)c1ccc(Cl)cc1. The standard InChI is InChI=1S/C34H36ClN3O5S/c1-4-36-34(40)32(22-26-9-6-5-7-10-26)37(23-27-11-8-12-30(21-27)43-3)33(39)24-38(29-17-13-25(2)14-18-29)44(41,42)31-19-15-28(35)16-20-31/h5-21,32H,4,22-24H2,1-3H3,(H,36,40). The monoisotopic (exact) mass is 633 g/mol. The van der Waals surface area contributed by atoms with Crippen LogP contribution in [0.1, 0.15) is 23.6 Å². The smallest absolute Gasteiger partial charge is 0.264 e. The summed E-state index contributed by atoms with van der Waals surface area (Å²) >= 11 is 6.04. The number of halogens is 1. The van der Waals surface area contributed by atoms with Crippen LogP contribution in [0.4, 0.5) is 5.69 Å². The van der Waals surface area contributed by atoms with Crippen LogP contribution in [0.25, 0.3) is 0 Å². The molecular formula is C34H36ClN3O5S. The molecule has 0 aliphatic carbocycles. The Kier molecular flexibility index (Phi) is 11.0. The molecule has 1 N–H and O–H groups in total. The molecule has 4 rings (SSSR count). The van der Waals surface area contributed by atoms with Crippen LogP contribution < -0.4 is 14.4 Å². The molecule has 4 aromatic carbocycles. The van der Waals surface area contributed by atoms with Crippen molar-refractivity contribution in [3.05, 3.63) is 125 Å². The minimum atomic E-state index is -4.20. The highest BCUT2D eigenvalue weighted by Gasteiger charge is 2.34. The first-order valence-electron chi connectivity index (χ1n) is 14.2. The van der Waals surface area contributed by atoms with E-state index in [1.54, 1.807) is 49.6 Å². The molecule has 0 heterocycles. The number of hydrogen-bond donors (Lipinski definition) is 1. The Morgan fingerprint density at radius 3 is 2.18 bits per heavy atom. The lowest BCUT2D eigenvalue weighted by Crippen LogP contribution is -2.53. The van der Waals surface area contributed by atoms with Crippen LogP contribution in [0.5, 0.6) is 5.75 Å². The molecule has 0 aliphatic heterocycles. The summed E-state index contributed by atoms with van der Waals surface area (Å²) in [5.41, 5.74) is 2.83. The third-order valence-corrected chi connectivity index (χ3v) is 9.15. The van der Waals surface area contributed by atoms with Crippen LogP contribution in [0.3, 0.4) is 0 Å². The van der Waals surface area contributed by atoms with Gasteiger partial charge < -0.3 is 15.0 Å². The minimum absolute atomic E-state index is 0.0146. The Bertz CT molecular complexity index is 1660. The maximum atomic E-state index is 14.4. The van der Waals surface area contributed by atoms with E-state index in [0.29, 0.717) is 23.0 Å². The van der Waals surface area contributed by atoms with Gasteiger partial charge in [0.2, 0.25) is 11.8 Å². The van der Waals surface area contributed by atoms with Gasteiger partial charge in [-0.05, 0) is 73.5 Å². The Hall–Kier alpha value is -4.34. The third-order valence-electron chi connectivity index (χ3n) is 7.11. The minimum Gasteiger partial charge on any atom is -0.497 e. The predicted octanol–water partition coefficient (Wildman–Crippen LogP) is 5.63. The van der Waals surface area contributed by atoms with E-state index >= 15 is 0 Å². The van der Waals surface area contributed by atoms with E-state index in [1.165, 1.54) is 29.2 Å². The molecule has 0 radical (unpaired) electrons. The summed E-state index contributed by atoms with van der Waals surface area (Å²) in [6.07, 6.45) is 0.233. The fourth-order valence-corrected chi connectivity index (χ4v) is 6.33. The van der Waals surface area contributed by atoms with Gasteiger partial charge in [-0.1, -0.05) is 71.8 Å². The lowest BCUT2D eigenvalue weighted by molar-refractivity contribution is -0.140. The summed E-state index contributed by atoms with van der Waals surface area (Å²) in [6.45, 7) is 3.58. The number of sulfonamides is 1. The number of carbonyl (C=O) groups excluding carboxylic acids is 2. The molecule has 0 spiro atoms. The Labute approximate surface area is 264 Å². The molecule has 4 aromatic rings. The van der Waals surface area contributed by atoms with Gasteiger partial charge in [0.15, 0.2) is 0 Å². The molecule has 0 saturated heterocycles. The van der Waals surface area contributed by atoms with E-state index in [-0.39, 0.29) is 23.8 Å². The molecule has 0 bridgehead atoms. The topological polar surface area (TPSA) is 96.0 Å². The number of nitrogens with zero attached hydrogens (tertiary/aromatic N) is 2. The predicted molar refractivity (Wildman–Crippen MR) is 173 cm³/mol. The number of ether oxygens (including phenoxy) is 1. The molecule has 44 heavy (non-hydrogen) atoms. The molecule has 1 atom stereocenters. The van der Waals surface area contributed by atoms with Crippen molar-refractivity contribution in [2.45, 2.75) is 37.8 Å². The molecule has 0 aromatic heterocycles.